The van der Waals surface area contributed by atoms with Gasteiger partial charge in [-0.2, -0.15) is 0 Å². The second-order valence-electron chi connectivity index (χ2n) is 5.32. The fraction of sp³-hybridized carbons (Fsp3) is 0.312. The minimum atomic E-state index is -0.00599. The number of aromatic nitrogens is 2. The van der Waals surface area contributed by atoms with E-state index in [4.69, 9.17) is 4.74 Å². The number of aryl methyl sites for hydroxylation is 1. The van der Waals surface area contributed by atoms with Gasteiger partial charge in [0.2, 0.25) is 5.95 Å². The van der Waals surface area contributed by atoms with Gasteiger partial charge in [0.15, 0.2) is 6.61 Å². The molecule has 6 heteroatoms. The predicted octanol–water partition coefficient (Wildman–Crippen LogP) is 1.49. The maximum Gasteiger partial charge on any atom is 0.260 e. The van der Waals surface area contributed by atoms with Crippen molar-refractivity contribution in [2.75, 3.05) is 25.0 Å². The van der Waals surface area contributed by atoms with E-state index in [0.717, 1.165) is 11.3 Å². The minimum Gasteiger partial charge on any atom is -0.484 e. The Bertz CT molecular complexity index is 642. The van der Waals surface area contributed by atoms with Gasteiger partial charge in [0.05, 0.1) is 6.04 Å². The monoisotopic (exact) mass is 298 g/mol. The number of ether oxygens (including phenoxy) is 1. The molecule has 2 heterocycles. The number of benzene rings is 1. The first-order valence-electron chi connectivity index (χ1n) is 7.21. The fourth-order valence-electron chi connectivity index (χ4n) is 2.27. The summed E-state index contributed by atoms with van der Waals surface area (Å²) < 4.78 is 5.52. The first-order valence-corrected chi connectivity index (χ1v) is 7.21. The Balaban J connectivity index is 1.42. The lowest BCUT2D eigenvalue weighted by molar-refractivity contribution is -0.137. The van der Waals surface area contributed by atoms with E-state index < -0.39 is 0 Å². The van der Waals surface area contributed by atoms with Crippen molar-refractivity contribution in [3.63, 3.8) is 0 Å². The fourth-order valence-corrected chi connectivity index (χ4v) is 2.27. The molecule has 1 aromatic heterocycles. The van der Waals surface area contributed by atoms with Crippen LogP contribution in [-0.4, -0.2) is 46.5 Å². The van der Waals surface area contributed by atoms with Gasteiger partial charge < -0.3 is 15.0 Å². The molecule has 1 aromatic carbocycles. The number of nitrogens with one attached hydrogen (secondary N) is 1. The van der Waals surface area contributed by atoms with Gasteiger partial charge in [-0.15, -0.1) is 0 Å². The molecule has 0 unspecified atom stereocenters. The molecule has 0 saturated carbocycles. The molecule has 0 bridgehead atoms. The van der Waals surface area contributed by atoms with Gasteiger partial charge in [-0.1, -0.05) is 12.1 Å². The highest BCUT2D eigenvalue weighted by Crippen LogP contribution is 2.15. The smallest absolute Gasteiger partial charge is 0.260 e. The third-order valence-corrected chi connectivity index (χ3v) is 3.49. The average Bonchev–Trinajstić information content (AvgIpc) is 2.49. The number of carbonyl (C=O) groups is 1. The number of anilines is 1. The van der Waals surface area contributed by atoms with E-state index in [1.807, 2.05) is 31.2 Å². The Morgan fingerprint density at radius 3 is 2.82 bits per heavy atom. The van der Waals surface area contributed by atoms with E-state index in [2.05, 4.69) is 15.3 Å². The molecule has 0 atom stereocenters. The van der Waals surface area contributed by atoms with Crippen molar-refractivity contribution in [2.24, 2.45) is 0 Å². The number of rotatable bonds is 5. The summed E-state index contributed by atoms with van der Waals surface area (Å²) in [6, 6.07) is 9.65. The van der Waals surface area contributed by atoms with Crippen LogP contribution in [0.1, 0.15) is 5.56 Å². The first-order chi connectivity index (χ1) is 10.7. The summed E-state index contributed by atoms with van der Waals surface area (Å²) in [5, 5.41) is 3.19. The summed E-state index contributed by atoms with van der Waals surface area (Å²) in [6.45, 7) is 3.35. The van der Waals surface area contributed by atoms with Crippen molar-refractivity contribution in [1.29, 1.82) is 0 Å². The van der Waals surface area contributed by atoms with Gasteiger partial charge in [0, 0.05) is 25.5 Å². The van der Waals surface area contributed by atoms with E-state index in [1.165, 1.54) is 0 Å². The number of hydrogen-bond acceptors (Lipinski definition) is 5. The minimum absolute atomic E-state index is 0.00599. The van der Waals surface area contributed by atoms with Crippen LogP contribution in [0.4, 0.5) is 5.95 Å². The molecular weight excluding hydrogens is 280 g/mol. The zero-order valence-corrected chi connectivity index (χ0v) is 12.4. The highest BCUT2D eigenvalue weighted by molar-refractivity contribution is 5.79. The van der Waals surface area contributed by atoms with Gasteiger partial charge in [-0.05, 0) is 30.7 Å². The van der Waals surface area contributed by atoms with Crippen LogP contribution < -0.4 is 10.1 Å². The van der Waals surface area contributed by atoms with E-state index in [-0.39, 0.29) is 18.6 Å². The summed E-state index contributed by atoms with van der Waals surface area (Å²) >= 11 is 0. The highest BCUT2D eigenvalue weighted by Gasteiger charge is 2.31. The van der Waals surface area contributed by atoms with Gasteiger partial charge in [-0.3, -0.25) is 4.79 Å². The number of amides is 1. The number of carbonyl (C=O) groups excluding carboxylic acids is 1. The molecule has 114 valence electrons. The molecule has 1 fully saturated rings. The zero-order chi connectivity index (χ0) is 15.4. The van der Waals surface area contributed by atoms with Crippen molar-refractivity contribution in [3.05, 3.63) is 48.3 Å². The van der Waals surface area contributed by atoms with Crippen molar-refractivity contribution >= 4 is 11.9 Å². The summed E-state index contributed by atoms with van der Waals surface area (Å²) in [6.07, 6.45) is 3.37. The molecule has 1 saturated heterocycles. The predicted molar refractivity (Wildman–Crippen MR) is 82.7 cm³/mol. The largest absolute Gasteiger partial charge is 0.484 e. The highest BCUT2D eigenvalue weighted by atomic mass is 16.5. The number of nitrogens with zero attached hydrogens (tertiary/aromatic N) is 3. The van der Waals surface area contributed by atoms with Crippen LogP contribution in [0.5, 0.6) is 5.75 Å². The molecular formula is C16H18N4O2. The van der Waals surface area contributed by atoms with Gasteiger partial charge in [0.25, 0.3) is 5.91 Å². The van der Waals surface area contributed by atoms with Crippen LogP contribution >= 0.6 is 0 Å². The van der Waals surface area contributed by atoms with E-state index >= 15 is 0 Å². The lowest BCUT2D eigenvalue weighted by atomic mass is 10.1. The van der Waals surface area contributed by atoms with Gasteiger partial charge in [0.1, 0.15) is 5.75 Å². The molecule has 1 aliphatic heterocycles. The SMILES string of the molecule is Cc1cccc(OCC(=O)N2CC(Nc3ncccn3)C2)c1. The number of hydrogen-bond donors (Lipinski definition) is 1. The van der Waals surface area contributed by atoms with Crippen molar-refractivity contribution in [1.82, 2.24) is 14.9 Å². The quantitative estimate of drug-likeness (QED) is 0.906. The molecule has 3 rings (SSSR count). The van der Waals surface area contributed by atoms with Crippen molar-refractivity contribution < 1.29 is 9.53 Å². The summed E-state index contributed by atoms with van der Waals surface area (Å²) in [4.78, 5) is 22.0. The number of likely N-dealkylation sites (tertiary alicyclic amines) is 1. The Kier molecular flexibility index (Phi) is 4.18. The van der Waals surface area contributed by atoms with Crippen molar-refractivity contribution in [2.45, 2.75) is 13.0 Å². The summed E-state index contributed by atoms with van der Waals surface area (Å²) in [5.74, 6) is 1.31. The molecule has 0 radical (unpaired) electrons. The van der Waals surface area contributed by atoms with E-state index in [0.29, 0.717) is 19.0 Å². The topological polar surface area (TPSA) is 67.3 Å². The third-order valence-electron chi connectivity index (χ3n) is 3.49. The van der Waals surface area contributed by atoms with E-state index in [9.17, 15) is 4.79 Å². The lowest BCUT2D eigenvalue weighted by Crippen LogP contribution is -2.58. The van der Waals surface area contributed by atoms with Crippen LogP contribution in [0.15, 0.2) is 42.7 Å². The Morgan fingerprint density at radius 2 is 2.09 bits per heavy atom. The van der Waals surface area contributed by atoms with Crippen LogP contribution in [0.2, 0.25) is 0 Å². The molecule has 2 aromatic rings. The van der Waals surface area contributed by atoms with Crippen LogP contribution in [0.25, 0.3) is 0 Å². The Morgan fingerprint density at radius 1 is 1.32 bits per heavy atom. The normalized spacial score (nSPS) is 14.3. The lowest BCUT2D eigenvalue weighted by Gasteiger charge is -2.39. The Hall–Kier alpha value is -2.63. The molecule has 1 aliphatic rings. The molecule has 0 aliphatic carbocycles. The first kappa shape index (κ1) is 14.3. The molecule has 1 N–H and O–H groups in total. The van der Waals surface area contributed by atoms with Crippen LogP contribution in [-0.2, 0) is 4.79 Å². The van der Waals surface area contributed by atoms with Gasteiger partial charge in [-0.25, -0.2) is 9.97 Å². The van der Waals surface area contributed by atoms with Crippen LogP contribution in [0.3, 0.4) is 0 Å². The molecule has 6 nitrogen and oxygen atoms in total. The van der Waals surface area contributed by atoms with Gasteiger partial charge >= 0.3 is 0 Å². The standard InChI is InChI=1S/C16H18N4O2/c1-12-4-2-5-14(8-12)22-11-15(21)20-9-13(10-20)19-16-17-6-3-7-18-16/h2-8,13H,9-11H2,1H3,(H,17,18,19). The Labute approximate surface area is 129 Å². The summed E-state index contributed by atoms with van der Waals surface area (Å²) in [7, 11) is 0. The molecule has 0 spiro atoms. The maximum atomic E-state index is 12.0. The molecule has 1 amide bonds. The second-order valence-corrected chi connectivity index (χ2v) is 5.32. The zero-order valence-electron chi connectivity index (χ0n) is 12.4. The maximum absolute atomic E-state index is 12.0. The third kappa shape index (κ3) is 3.52. The van der Waals surface area contributed by atoms with Crippen molar-refractivity contribution in [3.8, 4) is 5.75 Å². The molecule has 22 heavy (non-hydrogen) atoms. The summed E-state index contributed by atoms with van der Waals surface area (Å²) in [5.41, 5.74) is 1.11. The van der Waals surface area contributed by atoms with Crippen LogP contribution in [0, 0.1) is 6.92 Å². The average molecular weight is 298 g/mol. The second kappa shape index (κ2) is 6.43. The van der Waals surface area contributed by atoms with E-state index in [1.54, 1.807) is 23.4 Å².